The van der Waals surface area contributed by atoms with E-state index in [1.807, 2.05) is 39.5 Å². The Labute approximate surface area is 292 Å². The van der Waals surface area contributed by atoms with Crippen LogP contribution in [0.25, 0.3) is 0 Å². The lowest BCUT2D eigenvalue weighted by Gasteiger charge is -2.54. The molecule has 0 amide bonds. The molecule has 0 spiro atoms. The van der Waals surface area contributed by atoms with Gasteiger partial charge in [-0.1, -0.05) is 67.2 Å². The van der Waals surface area contributed by atoms with Gasteiger partial charge in [-0.2, -0.15) is 0 Å². The predicted octanol–water partition coefficient (Wildman–Crippen LogP) is 6.04. The van der Waals surface area contributed by atoms with E-state index < -0.39 is 59.4 Å². The summed E-state index contributed by atoms with van der Waals surface area (Å²) in [5.41, 5.74) is -2.28. The van der Waals surface area contributed by atoms with Crippen molar-refractivity contribution in [3.05, 3.63) is 0 Å². The van der Waals surface area contributed by atoms with E-state index in [9.17, 15) is 50.1 Å². The number of rotatable bonds is 31. The molecule has 5 unspecified atom stereocenters. The van der Waals surface area contributed by atoms with Crippen molar-refractivity contribution in [1.82, 2.24) is 9.80 Å². The Morgan fingerprint density at radius 1 is 0.633 bits per heavy atom. The van der Waals surface area contributed by atoms with Gasteiger partial charge >= 0.3 is 23.9 Å². The van der Waals surface area contributed by atoms with Crippen molar-refractivity contribution in [3.63, 3.8) is 0 Å². The van der Waals surface area contributed by atoms with Crippen molar-refractivity contribution in [3.8, 4) is 0 Å². The first-order chi connectivity index (χ1) is 23.0. The summed E-state index contributed by atoms with van der Waals surface area (Å²) in [6, 6.07) is 0. The Kier molecular flexibility index (Phi) is 22.1. The van der Waals surface area contributed by atoms with Gasteiger partial charge in [-0.3, -0.25) is 39.5 Å². The van der Waals surface area contributed by atoms with Crippen molar-refractivity contribution in [1.29, 1.82) is 0 Å². The van der Waals surface area contributed by atoms with Crippen molar-refractivity contribution < 1.29 is 59.9 Å². The average molecular weight is 707 g/mol. The molecule has 0 radical (unpaired) electrons. The Morgan fingerprint density at radius 3 is 1.53 bits per heavy atom. The van der Waals surface area contributed by atoms with Crippen LogP contribution in [0.2, 0.25) is 0 Å². The van der Waals surface area contributed by atoms with E-state index in [0.717, 1.165) is 12.8 Å². The molecule has 0 aromatic carbocycles. The molecule has 5 atom stereocenters. The summed E-state index contributed by atoms with van der Waals surface area (Å²) in [7, 11) is 0. The number of carboxylic acids is 4. The average Bonchev–Trinajstić information content (AvgIpc) is 3.04. The maximum Gasteiger partial charge on any atom is 0.317 e. The van der Waals surface area contributed by atoms with Gasteiger partial charge in [0, 0.05) is 24.0 Å². The van der Waals surface area contributed by atoms with E-state index in [0.29, 0.717) is 51.4 Å². The Morgan fingerprint density at radius 2 is 1.14 bits per heavy atom. The maximum absolute atomic E-state index is 12.4. The van der Waals surface area contributed by atoms with Crippen LogP contribution in [0.15, 0.2) is 0 Å². The smallest absolute Gasteiger partial charge is 0.317 e. The molecule has 0 saturated carbocycles. The standard InChI is InChI=1S/C35H66N2O12/c1-8-26(9-2)21-35(13-6,36(15-17-49-47)22-30(40)41)25-34(12-5,28(14-16-48-46)18-29(38)39)20-27(10-3)19-33(7,11-4)37(23-31(42)43)24-32(44)45/h26-28,46-47H,8-25H2,1-7H3,(H,38,39)(H,40,41)(H,42,43)(H,44,45). The molecule has 0 saturated heterocycles. The van der Waals surface area contributed by atoms with Crippen LogP contribution in [-0.4, -0.2) is 115 Å². The fourth-order valence-corrected chi connectivity index (χ4v) is 8.16. The third-order valence-electron chi connectivity index (χ3n) is 11.3. The molecule has 0 aliphatic carbocycles. The zero-order valence-electron chi connectivity index (χ0n) is 31.0. The Balaban J connectivity index is 7.60. The quantitative estimate of drug-likeness (QED) is 0.0358. The zero-order chi connectivity index (χ0) is 37.8. The minimum absolute atomic E-state index is 0.0993. The van der Waals surface area contributed by atoms with Gasteiger partial charge in [0.05, 0.1) is 32.8 Å². The number of nitrogens with zero attached hydrogens (tertiary/aromatic N) is 2. The summed E-state index contributed by atoms with van der Waals surface area (Å²) in [6.07, 6.45) is 5.86. The molecule has 0 aliphatic heterocycles. The molecule has 49 heavy (non-hydrogen) atoms. The third kappa shape index (κ3) is 15.2. The van der Waals surface area contributed by atoms with Crippen LogP contribution in [0.1, 0.15) is 126 Å². The summed E-state index contributed by atoms with van der Waals surface area (Å²) in [5, 5.41) is 58.2. The van der Waals surface area contributed by atoms with Crippen molar-refractivity contribution in [2.24, 2.45) is 23.2 Å². The van der Waals surface area contributed by atoms with E-state index in [-0.39, 0.29) is 51.0 Å². The maximum atomic E-state index is 12.4. The molecule has 14 nitrogen and oxygen atoms in total. The van der Waals surface area contributed by atoms with Crippen molar-refractivity contribution in [2.75, 3.05) is 39.4 Å². The molecule has 0 aromatic heterocycles. The fourth-order valence-electron chi connectivity index (χ4n) is 8.16. The highest BCUT2D eigenvalue weighted by Crippen LogP contribution is 2.53. The lowest BCUT2D eigenvalue weighted by atomic mass is 9.57. The highest BCUT2D eigenvalue weighted by molar-refractivity contribution is 5.73. The van der Waals surface area contributed by atoms with Crippen molar-refractivity contribution in [2.45, 2.75) is 137 Å². The van der Waals surface area contributed by atoms with Gasteiger partial charge < -0.3 is 20.4 Å². The number of hydrogen-bond donors (Lipinski definition) is 6. The van der Waals surface area contributed by atoms with Gasteiger partial charge in [-0.25, -0.2) is 9.78 Å². The molecule has 288 valence electrons. The second-order valence-corrected chi connectivity index (χ2v) is 14.1. The number of carbonyl (C=O) groups is 4. The lowest BCUT2D eigenvalue weighted by molar-refractivity contribution is -0.248. The summed E-state index contributed by atoms with van der Waals surface area (Å²) in [6.45, 7) is 12.6. The number of aliphatic carboxylic acids is 4. The van der Waals surface area contributed by atoms with Crippen LogP contribution in [0.3, 0.4) is 0 Å². The van der Waals surface area contributed by atoms with Gasteiger partial charge in [0.2, 0.25) is 0 Å². The molecule has 14 heteroatoms. The monoisotopic (exact) mass is 706 g/mol. The van der Waals surface area contributed by atoms with Gasteiger partial charge in [0.15, 0.2) is 0 Å². The van der Waals surface area contributed by atoms with Crippen LogP contribution in [-0.2, 0) is 29.0 Å². The van der Waals surface area contributed by atoms with Crippen LogP contribution in [0, 0.1) is 23.2 Å². The fraction of sp³-hybridized carbons (Fsp3) is 0.886. The zero-order valence-corrected chi connectivity index (χ0v) is 31.0. The molecule has 0 heterocycles. The van der Waals surface area contributed by atoms with Crippen LogP contribution < -0.4 is 0 Å². The predicted molar refractivity (Wildman–Crippen MR) is 184 cm³/mol. The van der Waals surface area contributed by atoms with Crippen LogP contribution >= 0.6 is 0 Å². The van der Waals surface area contributed by atoms with E-state index in [1.165, 1.54) is 4.90 Å². The molecule has 0 aromatic rings. The SMILES string of the molecule is CCC(CC(CC)(CC(CC)(CC(CC)CC)N(CCOO)CC(=O)O)C(CCOO)CC(=O)O)CC(C)(CC)N(CC(=O)O)CC(=O)O. The summed E-state index contributed by atoms with van der Waals surface area (Å²) in [5.74, 6) is -4.70. The minimum atomic E-state index is -1.14. The van der Waals surface area contributed by atoms with Crippen molar-refractivity contribution >= 4 is 23.9 Å². The summed E-state index contributed by atoms with van der Waals surface area (Å²) in [4.78, 5) is 60.6. The number of hydrogen-bond acceptors (Lipinski definition) is 10. The number of carboxylic acid groups (broad SMARTS) is 4. The first-order valence-electron chi connectivity index (χ1n) is 17.9. The third-order valence-corrected chi connectivity index (χ3v) is 11.3. The van der Waals surface area contributed by atoms with E-state index in [1.54, 1.807) is 0 Å². The van der Waals surface area contributed by atoms with E-state index in [2.05, 4.69) is 23.6 Å². The Bertz CT molecular complexity index is 980. The molecule has 0 rings (SSSR count). The molecular formula is C35H66N2O12. The van der Waals surface area contributed by atoms with Gasteiger partial charge in [-0.05, 0) is 75.0 Å². The highest BCUT2D eigenvalue weighted by atomic mass is 17.1. The minimum Gasteiger partial charge on any atom is -0.481 e. The lowest BCUT2D eigenvalue weighted by Crippen LogP contribution is -2.57. The van der Waals surface area contributed by atoms with Gasteiger partial charge in [0.25, 0.3) is 0 Å². The second kappa shape index (κ2) is 23.2. The topological polar surface area (TPSA) is 215 Å². The summed E-state index contributed by atoms with van der Waals surface area (Å²) >= 11 is 0. The first-order valence-corrected chi connectivity index (χ1v) is 17.9. The molecule has 0 aliphatic rings. The second-order valence-electron chi connectivity index (χ2n) is 14.1. The van der Waals surface area contributed by atoms with E-state index >= 15 is 0 Å². The van der Waals surface area contributed by atoms with Gasteiger partial charge in [0.1, 0.15) is 0 Å². The largest absolute Gasteiger partial charge is 0.481 e. The van der Waals surface area contributed by atoms with Gasteiger partial charge in [-0.15, -0.1) is 0 Å². The first kappa shape index (κ1) is 46.6. The summed E-state index contributed by atoms with van der Waals surface area (Å²) < 4.78 is 0. The molecule has 6 N–H and O–H groups in total. The molecule has 0 bridgehead atoms. The van der Waals surface area contributed by atoms with Crippen LogP contribution in [0.4, 0.5) is 0 Å². The van der Waals surface area contributed by atoms with E-state index in [4.69, 9.17) is 0 Å². The van der Waals surface area contributed by atoms with Crippen LogP contribution in [0.5, 0.6) is 0 Å². The Hall–Kier alpha value is -2.36. The highest BCUT2D eigenvalue weighted by Gasteiger charge is 2.49. The molecule has 0 fully saturated rings. The normalized spacial score (nSPS) is 17.0. The molecular weight excluding hydrogens is 640 g/mol.